The quantitative estimate of drug-likeness (QED) is 0.798. The number of methoxy groups -OCH3 is 1. The average Bonchev–Trinajstić information content (AvgIpc) is 2.37. The number of carbonyl (C=O) groups excluding carboxylic acids is 2. The Balaban J connectivity index is 2.99. The Hall–Kier alpha value is -1.55. The molecule has 104 valence electrons. The van der Waals surface area contributed by atoms with E-state index in [9.17, 15) is 9.59 Å². The molecule has 0 aliphatic carbocycles. The number of hydrogen-bond acceptors (Lipinski definition) is 3. The minimum atomic E-state index is -0.437. The van der Waals surface area contributed by atoms with E-state index in [1.54, 1.807) is 18.2 Å². The Labute approximate surface area is 118 Å². The lowest BCUT2D eigenvalue weighted by atomic mass is 10.1. The van der Waals surface area contributed by atoms with Crippen LogP contribution < -0.4 is 0 Å². The van der Waals surface area contributed by atoms with Gasteiger partial charge in [-0.1, -0.05) is 11.6 Å². The molecule has 0 saturated carbocycles. The molecular formula is C14H18ClNO3. The molecule has 1 amide bonds. The monoisotopic (exact) mass is 283 g/mol. The largest absolute Gasteiger partial charge is 0.468 e. The molecule has 1 aromatic carbocycles. The second kappa shape index (κ2) is 6.57. The zero-order valence-corrected chi connectivity index (χ0v) is 12.3. The smallest absolute Gasteiger partial charge is 0.325 e. The lowest BCUT2D eigenvalue weighted by Crippen LogP contribution is -2.41. The van der Waals surface area contributed by atoms with Crippen LogP contribution in [0.25, 0.3) is 0 Å². The molecule has 1 aromatic rings. The van der Waals surface area contributed by atoms with Gasteiger partial charge in [-0.15, -0.1) is 0 Å². The molecule has 0 aromatic heterocycles. The van der Waals surface area contributed by atoms with E-state index in [-0.39, 0.29) is 18.5 Å². The van der Waals surface area contributed by atoms with Gasteiger partial charge in [0.05, 0.1) is 7.11 Å². The predicted molar refractivity (Wildman–Crippen MR) is 74.4 cm³/mol. The number of benzene rings is 1. The van der Waals surface area contributed by atoms with Crippen molar-refractivity contribution in [3.05, 3.63) is 34.3 Å². The third-order valence-corrected chi connectivity index (χ3v) is 3.24. The van der Waals surface area contributed by atoms with Gasteiger partial charge in [0.25, 0.3) is 5.91 Å². The van der Waals surface area contributed by atoms with Gasteiger partial charge in [-0.25, -0.2) is 0 Å². The van der Waals surface area contributed by atoms with Gasteiger partial charge in [-0.05, 0) is 44.5 Å². The first-order valence-corrected chi connectivity index (χ1v) is 6.38. The molecule has 0 atom stereocenters. The number of carbonyl (C=O) groups is 2. The van der Waals surface area contributed by atoms with Gasteiger partial charge in [0, 0.05) is 16.6 Å². The van der Waals surface area contributed by atoms with Crippen molar-refractivity contribution in [2.24, 2.45) is 0 Å². The number of hydrogen-bond donors (Lipinski definition) is 0. The van der Waals surface area contributed by atoms with Crippen molar-refractivity contribution in [3.63, 3.8) is 0 Å². The third kappa shape index (κ3) is 3.96. The maximum absolute atomic E-state index is 12.4. The molecule has 0 N–H and O–H groups in total. The fourth-order valence-corrected chi connectivity index (χ4v) is 1.75. The fraction of sp³-hybridized carbons (Fsp3) is 0.429. The Bertz CT molecular complexity index is 486. The summed E-state index contributed by atoms with van der Waals surface area (Å²) in [5, 5.41) is 0.612. The average molecular weight is 284 g/mol. The summed E-state index contributed by atoms with van der Waals surface area (Å²) in [6.07, 6.45) is 0. The van der Waals surface area contributed by atoms with Gasteiger partial charge in [-0.3, -0.25) is 9.59 Å². The van der Waals surface area contributed by atoms with E-state index in [1.165, 1.54) is 12.0 Å². The first kappa shape index (κ1) is 15.5. The number of nitrogens with zero attached hydrogens (tertiary/aromatic N) is 1. The molecule has 0 radical (unpaired) electrons. The summed E-state index contributed by atoms with van der Waals surface area (Å²) in [6.45, 7) is 5.47. The van der Waals surface area contributed by atoms with Crippen molar-refractivity contribution in [2.75, 3.05) is 13.7 Å². The number of amides is 1. The van der Waals surface area contributed by atoms with E-state index in [4.69, 9.17) is 11.6 Å². The zero-order valence-electron chi connectivity index (χ0n) is 11.6. The highest BCUT2D eigenvalue weighted by molar-refractivity contribution is 6.31. The van der Waals surface area contributed by atoms with Gasteiger partial charge in [0.1, 0.15) is 6.54 Å². The van der Waals surface area contributed by atoms with Crippen molar-refractivity contribution in [3.8, 4) is 0 Å². The van der Waals surface area contributed by atoms with E-state index in [0.717, 1.165) is 5.56 Å². The zero-order chi connectivity index (χ0) is 14.6. The molecule has 5 heteroatoms. The van der Waals surface area contributed by atoms with Crippen LogP contribution in [0.3, 0.4) is 0 Å². The summed E-state index contributed by atoms with van der Waals surface area (Å²) in [4.78, 5) is 25.2. The Morgan fingerprint density at radius 3 is 2.47 bits per heavy atom. The van der Waals surface area contributed by atoms with Crippen LogP contribution in [0.5, 0.6) is 0 Å². The molecule has 0 spiro atoms. The summed E-state index contributed by atoms with van der Waals surface area (Å²) >= 11 is 5.94. The first-order chi connectivity index (χ1) is 8.86. The molecule has 0 bridgehead atoms. The maximum atomic E-state index is 12.4. The number of esters is 1. The van der Waals surface area contributed by atoms with Crippen LogP contribution in [0.2, 0.25) is 5.02 Å². The number of ether oxygens (including phenoxy) is 1. The van der Waals surface area contributed by atoms with Crippen LogP contribution in [-0.2, 0) is 9.53 Å². The van der Waals surface area contributed by atoms with Gasteiger partial charge in [-0.2, -0.15) is 0 Å². The molecule has 0 aliphatic rings. The first-order valence-electron chi connectivity index (χ1n) is 6.00. The summed E-state index contributed by atoms with van der Waals surface area (Å²) < 4.78 is 4.61. The van der Waals surface area contributed by atoms with Gasteiger partial charge in [0.2, 0.25) is 0 Å². The molecule has 1 rings (SSSR count). The maximum Gasteiger partial charge on any atom is 0.325 e. The molecule has 0 aliphatic heterocycles. The molecule has 0 unspecified atom stereocenters. The van der Waals surface area contributed by atoms with Crippen molar-refractivity contribution < 1.29 is 14.3 Å². The highest BCUT2D eigenvalue weighted by Gasteiger charge is 2.22. The van der Waals surface area contributed by atoms with Crippen molar-refractivity contribution in [2.45, 2.75) is 26.8 Å². The van der Waals surface area contributed by atoms with Crippen LogP contribution >= 0.6 is 11.6 Å². The molecule has 4 nitrogen and oxygen atoms in total. The van der Waals surface area contributed by atoms with Gasteiger partial charge < -0.3 is 9.64 Å². The molecule has 19 heavy (non-hydrogen) atoms. The minimum absolute atomic E-state index is 0.0608. The molecule has 0 heterocycles. The number of aryl methyl sites for hydroxylation is 1. The van der Waals surface area contributed by atoms with Gasteiger partial charge >= 0.3 is 5.97 Å². The minimum Gasteiger partial charge on any atom is -0.468 e. The lowest BCUT2D eigenvalue weighted by molar-refractivity contribution is -0.141. The summed E-state index contributed by atoms with van der Waals surface area (Å²) in [7, 11) is 1.30. The second-order valence-electron chi connectivity index (χ2n) is 4.57. The van der Waals surface area contributed by atoms with Crippen LogP contribution in [0, 0.1) is 6.92 Å². The van der Waals surface area contributed by atoms with Gasteiger partial charge in [0.15, 0.2) is 0 Å². The van der Waals surface area contributed by atoms with Crippen molar-refractivity contribution in [1.29, 1.82) is 0 Å². The van der Waals surface area contributed by atoms with Crippen LogP contribution in [0.1, 0.15) is 29.8 Å². The van der Waals surface area contributed by atoms with Crippen LogP contribution in [0.4, 0.5) is 0 Å². The van der Waals surface area contributed by atoms with Crippen LogP contribution in [0.15, 0.2) is 18.2 Å². The third-order valence-electron chi connectivity index (χ3n) is 2.82. The fourth-order valence-electron chi connectivity index (χ4n) is 1.64. The van der Waals surface area contributed by atoms with Crippen molar-refractivity contribution in [1.82, 2.24) is 4.90 Å². The predicted octanol–water partition coefficient (Wildman–Crippen LogP) is 2.67. The highest BCUT2D eigenvalue weighted by atomic mass is 35.5. The molecular weight excluding hydrogens is 266 g/mol. The SMILES string of the molecule is COC(=O)CN(C(=O)c1ccc(Cl)c(C)c1)C(C)C. The number of halogens is 1. The lowest BCUT2D eigenvalue weighted by Gasteiger charge is -2.25. The van der Waals surface area contributed by atoms with E-state index in [1.807, 2.05) is 20.8 Å². The Morgan fingerprint density at radius 1 is 1.37 bits per heavy atom. The standard InChI is InChI=1S/C14H18ClNO3/c1-9(2)16(8-13(17)19-4)14(18)11-5-6-12(15)10(3)7-11/h5-7,9H,8H2,1-4H3. The Morgan fingerprint density at radius 2 is 2.00 bits per heavy atom. The van der Waals surface area contributed by atoms with Crippen molar-refractivity contribution >= 4 is 23.5 Å². The van der Waals surface area contributed by atoms with E-state index in [2.05, 4.69) is 4.74 Å². The topological polar surface area (TPSA) is 46.6 Å². The van der Waals surface area contributed by atoms with E-state index < -0.39 is 5.97 Å². The van der Waals surface area contributed by atoms with E-state index >= 15 is 0 Å². The number of rotatable bonds is 4. The van der Waals surface area contributed by atoms with E-state index in [0.29, 0.717) is 10.6 Å². The highest BCUT2D eigenvalue weighted by Crippen LogP contribution is 2.18. The second-order valence-corrected chi connectivity index (χ2v) is 4.97. The normalized spacial score (nSPS) is 10.4. The molecule has 0 saturated heterocycles. The summed E-state index contributed by atoms with van der Waals surface area (Å²) in [6, 6.07) is 4.96. The summed E-state index contributed by atoms with van der Waals surface area (Å²) in [5.41, 5.74) is 1.34. The van der Waals surface area contributed by atoms with Crippen LogP contribution in [-0.4, -0.2) is 36.5 Å². The Kier molecular flexibility index (Phi) is 5.36. The molecule has 0 fully saturated rings. The summed E-state index contributed by atoms with van der Waals surface area (Å²) in [5.74, 6) is -0.645.